The van der Waals surface area contributed by atoms with Crippen LogP contribution in [0.25, 0.3) is 0 Å². The van der Waals surface area contributed by atoms with Gasteiger partial charge in [-0.3, -0.25) is 4.79 Å². The zero-order valence-electron chi connectivity index (χ0n) is 11.1. The number of carbonyl (C=O) groups is 1. The molecular formula is C13H26N2O. The van der Waals surface area contributed by atoms with Crippen molar-refractivity contribution in [3.63, 3.8) is 0 Å². The van der Waals surface area contributed by atoms with E-state index < -0.39 is 0 Å². The molecule has 94 valence electrons. The maximum absolute atomic E-state index is 12.0. The number of carbonyl (C=O) groups excluding carboxylic acids is 1. The van der Waals surface area contributed by atoms with E-state index in [4.69, 9.17) is 0 Å². The van der Waals surface area contributed by atoms with Gasteiger partial charge in [0, 0.05) is 25.6 Å². The molecule has 3 nitrogen and oxygen atoms in total. The molecule has 0 saturated carbocycles. The predicted molar refractivity (Wildman–Crippen MR) is 67.3 cm³/mol. The highest BCUT2D eigenvalue weighted by atomic mass is 16.2. The Morgan fingerprint density at radius 3 is 2.62 bits per heavy atom. The molecule has 0 aromatic rings. The zero-order valence-corrected chi connectivity index (χ0v) is 11.1. The van der Waals surface area contributed by atoms with Crippen LogP contribution in [0.3, 0.4) is 0 Å². The molecule has 0 bridgehead atoms. The fraction of sp³-hybridized carbons (Fsp3) is 0.923. The molecule has 1 amide bonds. The van der Waals surface area contributed by atoms with Gasteiger partial charge in [-0.25, -0.2) is 0 Å². The maximum atomic E-state index is 12.0. The molecule has 0 aromatic carbocycles. The van der Waals surface area contributed by atoms with Gasteiger partial charge in [0.15, 0.2) is 0 Å². The molecule has 1 aliphatic rings. The Bertz CT molecular complexity index is 216. The SMILES string of the molecule is CCC1CC(NC)CN(C(=O)CC(C)C)C1. The van der Waals surface area contributed by atoms with Crippen LogP contribution in [0.4, 0.5) is 0 Å². The van der Waals surface area contributed by atoms with Crippen LogP contribution in [0.5, 0.6) is 0 Å². The smallest absolute Gasteiger partial charge is 0.222 e. The van der Waals surface area contributed by atoms with Gasteiger partial charge < -0.3 is 10.2 Å². The van der Waals surface area contributed by atoms with Crippen molar-refractivity contribution >= 4 is 5.91 Å². The third-order valence-corrected chi connectivity index (χ3v) is 3.46. The fourth-order valence-electron chi connectivity index (χ4n) is 2.39. The second kappa shape index (κ2) is 6.24. The monoisotopic (exact) mass is 226 g/mol. The first kappa shape index (κ1) is 13.5. The average Bonchev–Trinajstić information content (AvgIpc) is 2.27. The second-order valence-electron chi connectivity index (χ2n) is 5.39. The molecule has 2 unspecified atom stereocenters. The molecule has 1 rings (SSSR count). The molecule has 16 heavy (non-hydrogen) atoms. The molecule has 1 saturated heterocycles. The van der Waals surface area contributed by atoms with Gasteiger partial charge in [0.05, 0.1) is 0 Å². The molecular weight excluding hydrogens is 200 g/mol. The summed E-state index contributed by atoms with van der Waals surface area (Å²) in [4.78, 5) is 14.1. The fourth-order valence-corrected chi connectivity index (χ4v) is 2.39. The lowest BCUT2D eigenvalue weighted by molar-refractivity contribution is -0.134. The highest BCUT2D eigenvalue weighted by Crippen LogP contribution is 2.20. The molecule has 0 radical (unpaired) electrons. The molecule has 1 fully saturated rings. The predicted octanol–water partition coefficient (Wildman–Crippen LogP) is 1.88. The molecule has 0 spiro atoms. The topological polar surface area (TPSA) is 32.3 Å². The third-order valence-electron chi connectivity index (χ3n) is 3.46. The lowest BCUT2D eigenvalue weighted by Gasteiger charge is -2.37. The van der Waals surface area contributed by atoms with Gasteiger partial charge in [0.2, 0.25) is 5.91 Å². The van der Waals surface area contributed by atoms with Gasteiger partial charge in [-0.05, 0) is 25.3 Å². The summed E-state index contributed by atoms with van der Waals surface area (Å²) in [6.45, 7) is 8.27. The molecule has 0 aromatic heterocycles. The second-order valence-corrected chi connectivity index (χ2v) is 5.39. The standard InChI is InChI=1S/C13H26N2O/c1-5-11-7-12(14-4)9-15(8-11)13(16)6-10(2)3/h10-12,14H,5-9H2,1-4H3. The van der Waals surface area contributed by atoms with Crippen molar-refractivity contribution in [3.8, 4) is 0 Å². The number of hydrogen-bond donors (Lipinski definition) is 1. The number of nitrogens with zero attached hydrogens (tertiary/aromatic N) is 1. The van der Waals surface area contributed by atoms with Crippen molar-refractivity contribution < 1.29 is 4.79 Å². The van der Waals surface area contributed by atoms with Crippen LogP contribution in [-0.2, 0) is 4.79 Å². The minimum atomic E-state index is 0.327. The zero-order chi connectivity index (χ0) is 12.1. The number of likely N-dealkylation sites (N-methyl/N-ethyl adjacent to an activating group) is 1. The number of nitrogens with one attached hydrogen (secondary N) is 1. The van der Waals surface area contributed by atoms with E-state index in [9.17, 15) is 4.79 Å². The first-order valence-electron chi connectivity index (χ1n) is 6.51. The maximum Gasteiger partial charge on any atom is 0.222 e. The Kier molecular flexibility index (Phi) is 5.26. The Morgan fingerprint density at radius 2 is 2.12 bits per heavy atom. The molecule has 1 aliphatic heterocycles. The van der Waals surface area contributed by atoms with Crippen LogP contribution in [0.1, 0.15) is 40.0 Å². The van der Waals surface area contributed by atoms with Crippen LogP contribution in [0, 0.1) is 11.8 Å². The van der Waals surface area contributed by atoms with Crippen molar-refractivity contribution in [2.24, 2.45) is 11.8 Å². The summed E-state index contributed by atoms with van der Waals surface area (Å²) in [5.74, 6) is 1.46. The van der Waals surface area contributed by atoms with Gasteiger partial charge in [0.1, 0.15) is 0 Å². The van der Waals surface area contributed by atoms with Gasteiger partial charge in [-0.1, -0.05) is 27.2 Å². The summed E-state index contributed by atoms with van der Waals surface area (Å²) in [6, 6.07) is 0.481. The Labute approximate surface area is 99.6 Å². The minimum Gasteiger partial charge on any atom is -0.341 e. The van der Waals surface area contributed by atoms with E-state index in [-0.39, 0.29) is 0 Å². The van der Waals surface area contributed by atoms with Crippen LogP contribution in [-0.4, -0.2) is 37.0 Å². The number of likely N-dealkylation sites (tertiary alicyclic amines) is 1. The molecule has 1 N–H and O–H groups in total. The summed E-state index contributed by atoms with van der Waals surface area (Å²) in [7, 11) is 1.99. The van der Waals surface area contributed by atoms with Crippen molar-refractivity contribution in [3.05, 3.63) is 0 Å². The van der Waals surface area contributed by atoms with E-state index in [1.165, 1.54) is 12.8 Å². The minimum absolute atomic E-state index is 0.327. The molecule has 2 atom stereocenters. The van der Waals surface area contributed by atoms with Crippen LogP contribution >= 0.6 is 0 Å². The van der Waals surface area contributed by atoms with Crippen molar-refractivity contribution in [1.29, 1.82) is 0 Å². The summed E-state index contributed by atoms with van der Waals surface area (Å²) in [6.07, 6.45) is 3.06. The van der Waals surface area contributed by atoms with Gasteiger partial charge in [-0.15, -0.1) is 0 Å². The van der Waals surface area contributed by atoms with E-state index in [0.29, 0.717) is 30.2 Å². The van der Waals surface area contributed by atoms with E-state index in [0.717, 1.165) is 13.1 Å². The Hall–Kier alpha value is -0.570. The van der Waals surface area contributed by atoms with Crippen molar-refractivity contribution in [1.82, 2.24) is 10.2 Å². The van der Waals surface area contributed by atoms with Gasteiger partial charge in [-0.2, -0.15) is 0 Å². The lowest BCUT2D eigenvalue weighted by atomic mass is 9.91. The van der Waals surface area contributed by atoms with Crippen LogP contribution in [0.2, 0.25) is 0 Å². The van der Waals surface area contributed by atoms with E-state index >= 15 is 0 Å². The van der Waals surface area contributed by atoms with Crippen LogP contribution in [0.15, 0.2) is 0 Å². The third kappa shape index (κ3) is 3.78. The average molecular weight is 226 g/mol. The first-order valence-corrected chi connectivity index (χ1v) is 6.51. The summed E-state index contributed by atoms with van der Waals surface area (Å²) in [5, 5.41) is 3.31. The molecule has 0 aliphatic carbocycles. The van der Waals surface area contributed by atoms with E-state index in [2.05, 4.69) is 31.0 Å². The lowest BCUT2D eigenvalue weighted by Crippen LogP contribution is -2.50. The summed E-state index contributed by atoms with van der Waals surface area (Å²) < 4.78 is 0. The quantitative estimate of drug-likeness (QED) is 0.794. The Balaban J connectivity index is 2.54. The first-order chi connectivity index (χ1) is 7.56. The number of piperidine rings is 1. The summed E-state index contributed by atoms with van der Waals surface area (Å²) >= 11 is 0. The normalized spacial score (nSPS) is 26.2. The highest BCUT2D eigenvalue weighted by Gasteiger charge is 2.28. The van der Waals surface area contributed by atoms with E-state index in [1.54, 1.807) is 0 Å². The van der Waals surface area contributed by atoms with Crippen molar-refractivity contribution in [2.75, 3.05) is 20.1 Å². The number of amides is 1. The van der Waals surface area contributed by atoms with Crippen molar-refractivity contribution in [2.45, 2.75) is 46.1 Å². The van der Waals surface area contributed by atoms with Gasteiger partial charge in [0.25, 0.3) is 0 Å². The molecule has 3 heteroatoms. The number of rotatable bonds is 4. The molecule has 1 heterocycles. The number of hydrogen-bond acceptors (Lipinski definition) is 2. The largest absolute Gasteiger partial charge is 0.341 e. The highest BCUT2D eigenvalue weighted by molar-refractivity contribution is 5.76. The van der Waals surface area contributed by atoms with E-state index in [1.807, 2.05) is 7.05 Å². The van der Waals surface area contributed by atoms with Gasteiger partial charge >= 0.3 is 0 Å². The summed E-state index contributed by atoms with van der Waals surface area (Å²) in [5.41, 5.74) is 0. The Morgan fingerprint density at radius 1 is 1.44 bits per heavy atom. The van der Waals surface area contributed by atoms with Crippen LogP contribution < -0.4 is 5.32 Å².